The van der Waals surface area contributed by atoms with Crippen LogP contribution in [0.15, 0.2) is 30.6 Å². The molecule has 0 radical (unpaired) electrons. The molecule has 148 valence electrons. The third-order valence-electron chi connectivity index (χ3n) is 5.61. The highest BCUT2D eigenvalue weighted by Crippen LogP contribution is 2.25. The standard InChI is InChI=1S/C20H26N6O2/c1-15-13-18(23(2)22-15)26-8-4-6-17(20(26)28)24-9-11-25(12-10-24)19(27)16-5-3-7-21-14-16/h3,5,7,13-14,17H,4,6,8-12H2,1-2H3/t17-/m1/s1. The third kappa shape index (κ3) is 3.52. The van der Waals surface area contributed by atoms with Crippen molar-refractivity contribution in [2.45, 2.75) is 25.8 Å². The molecule has 2 aromatic rings. The van der Waals surface area contributed by atoms with Crippen molar-refractivity contribution >= 4 is 17.6 Å². The van der Waals surface area contributed by atoms with Crippen molar-refractivity contribution in [1.29, 1.82) is 0 Å². The summed E-state index contributed by atoms with van der Waals surface area (Å²) in [7, 11) is 1.88. The average molecular weight is 382 g/mol. The molecule has 2 saturated heterocycles. The van der Waals surface area contributed by atoms with Gasteiger partial charge < -0.3 is 4.90 Å². The van der Waals surface area contributed by atoms with E-state index in [1.165, 1.54) is 0 Å². The number of anilines is 1. The van der Waals surface area contributed by atoms with Gasteiger partial charge in [-0.15, -0.1) is 0 Å². The van der Waals surface area contributed by atoms with Crippen molar-refractivity contribution in [3.63, 3.8) is 0 Å². The predicted octanol–water partition coefficient (Wildman–Crippen LogP) is 1.08. The molecular formula is C20H26N6O2. The molecule has 0 bridgehead atoms. The summed E-state index contributed by atoms with van der Waals surface area (Å²) in [5, 5.41) is 4.38. The normalized spacial score (nSPS) is 21.2. The van der Waals surface area contributed by atoms with Crippen molar-refractivity contribution in [3.8, 4) is 0 Å². The Balaban J connectivity index is 1.41. The maximum Gasteiger partial charge on any atom is 0.255 e. The van der Waals surface area contributed by atoms with E-state index in [1.54, 1.807) is 29.2 Å². The van der Waals surface area contributed by atoms with Crippen LogP contribution in [0.1, 0.15) is 28.9 Å². The van der Waals surface area contributed by atoms with Crippen LogP contribution in [0.4, 0.5) is 5.82 Å². The molecule has 2 aliphatic heterocycles. The first kappa shape index (κ1) is 18.6. The molecule has 4 heterocycles. The zero-order valence-electron chi connectivity index (χ0n) is 16.4. The lowest BCUT2D eigenvalue weighted by Crippen LogP contribution is -2.58. The fourth-order valence-electron chi connectivity index (χ4n) is 4.18. The third-order valence-corrected chi connectivity index (χ3v) is 5.61. The van der Waals surface area contributed by atoms with Gasteiger partial charge >= 0.3 is 0 Å². The molecule has 0 aliphatic carbocycles. The van der Waals surface area contributed by atoms with E-state index in [0.717, 1.165) is 30.9 Å². The summed E-state index contributed by atoms with van der Waals surface area (Å²) in [5.74, 6) is 1.01. The first-order valence-corrected chi connectivity index (χ1v) is 9.80. The number of aromatic nitrogens is 3. The van der Waals surface area contributed by atoms with Gasteiger partial charge in [0, 0.05) is 58.2 Å². The van der Waals surface area contributed by atoms with Crippen molar-refractivity contribution in [1.82, 2.24) is 24.6 Å². The Morgan fingerprint density at radius 1 is 1.18 bits per heavy atom. The number of aryl methyl sites for hydroxylation is 2. The van der Waals surface area contributed by atoms with Crippen LogP contribution in [-0.4, -0.2) is 75.1 Å². The molecule has 28 heavy (non-hydrogen) atoms. The van der Waals surface area contributed by atoms with Crippen LogP contribution in [0, 0.1) is 6.92 Å². The number of piperidine rings is 1. The monoisotopic (exact) mass is 382 g/mol. The Bertz CT molecular complexity index is 857. The lowest BCUT2D eigenvalue weighted by atomic mass is 10.0. The van der Waals surface area contributed by atoms with Gasteiger partial charge in [0.1, 0.15) is 5.82 Å². The summed E-state index contributed by atoms with van der Waals surface area (Å²) in [4.78, 5) is 35.8. The second kappa shape index (κ2) is 7.71. The summed E-state index contributed by atoms with van der Waals surface area (Å²) in [6.07, 6.45) is 5.10. The van der Waals surface area contributed by atoms with Gasteiger partial charge in [0.05, 0.1) is 17.3 Å². The topological polar surface area (TPSA) is 74.6 Å². The lowest BCUT2D eigenvalue weighted by Gasteiger charge is -2.42. The fourth-order valence-corrected chi connectivity index (χ4v) is 4.18. The number of rotatable bonds is 3. The largest absolute Gasteiger partial charge is 0.336 e. The molecule has 0 saturated carbocycles. The smallest absolute Gasteiger partial charge is 0.255 e. The van der Waals surface area contributed by atoms with Crippen LogP contribution in [-0.2, 0) is 11.8 Å². The predicted molar refractivity (Wildman–Crippen MR) is 105 cm³/mol. The maximum atomic E-state index is 13.2. The second-order valence-electron chi connectivity index (χ2n) is 7.49. The minimum Gasteiger partial charge on any atom is -0.336 e. The van der Waals surface area contributed by atoms with Crippen LogP contribution in [0.3, 0.4) is 0 Å². The van der Waals surface area contributed by atoms with Gasteiger partial charge in [-0.3, -0.25) is 29.1 Å². The van der Waals surface area contributed by atoms with E-state index < -0.39 is 0 Å². The van der Waals surface area contributed by atoms with E-state index in [2.05, 4.69) is 15.0 Å². The molecule has 0 spiro atoms. The van der Waals surface area contributed by atoms with Crippen LogP contribution in [0.2, 0.25) is 0 Å². The van der Waals surface area contributed by atoms with Gasteiger partial charge in [0.2, 0.25) is 5.91 Å². The van der Waals surface area contributed by atoms with Gasteiger partial charge in [0.25, 0.3) is 5.91 Å². The summed E-state index contributed by atoms with van der Waals surface area (Å²) in [6.45, 7) is 5.34. The quantitative estimate of drug-likeness (QED) is 0.794. The minimum atomic E-state index is -0.125. The van der Waals surface area contributed by atoms with Gasteiger partial charge in [-0.2, -0.15) is 5.10 Å². The summed E-state index contributed by atoms with van der Waals surface area (Å²) in [5.41, 5.74) is 1.53. The number of piperazine rings is 1. The van der Waals surface area contributed by atoms with Crippen LogP contribution in [0.5, 0.6) is 0 Å². The lowest BCUT2D eigenvalue weighted by molar-refractivity contribution is -0.126. The number of pyridine rings is 1. The van der Waals surface area contributed by atoms with E-state index in [1.807, 2.05) is 29.8 Å². The van der Waals surface area contributed by atoms with Crippen LogP contribution in [0.25, 0.3) is 0 Å². The number of carbonyl (C=O) groups is 2. The van der Waals surface area contributed by atoms with Crippen molar-refractivity contribution in [2.24, 2.45) is 7.05 Å². The maximum absolute atomic E-state index is 13.2. The highest BCUT2D eigenvalue weighted by atomic mass is 16.2. The zero-order chi connectivity index (χ0) is 19.7. The molecule has 0 aromatic carbocycles. The molecule has 8 nitrogen and oxygen atoms in total. The number of carbonyl (C=O) groups excluding carboxylic acids is 2. The molecule has 1 atom stereocenters. The van der Waals surface area contributed by atoms with Gasteiger partial charge in [0.15, 0.2) is 0 Å². The van der Waals surface area contributed by atoms with Crippen molar-refractivity contribution < 1.29 is 9.59 Å². The highest BCUT2D eigenvalue weighted by Gasteiger charge is 2.37. The number of nitrogens with zero attached hydrogens (tertiary/aromatic N) is 6. The number of amides is 2. The van der Waals surface area contributed by atoms with Crippen molar-refractivity contribution in [3.05, 3.63) is 41.9 Å². The Morgan fingerprint density at radius 3 is 2.61 bits per heavy atom. The fraction of sp³-hybridized carbons (Fsp3) is 0.500. The van der Waals surface area contributed by atoms with Crippen LogP contribution < -0.4 is 4.90 Å². The molecule has 4 rings (SSSR count). The van der Waals surface area contributed by atoms with E-state index in [-0.39, 0.29) is 17.9 Å². The number of hydrogen-bond acceptors (Lipinski definition) is 5. The average Bonchev–Trinajstić information content (AvgIpc) is 3.06. The van der Waals surface area contributed by atoms with Gasteiger partial charge in [-0.05, 0) is 31.9 Å². The Kier molecular flexibility index (Phi) is 5.13. The SMILES string of the molecule is Cc1cc(N2CCC[C@@H](N3CCN(C(=O)c4cccnc4)CC3)C2=O)n(C)n1. The second-order valence-corrected chi connectivity index (χ2v) is 7.49. The molecular weight excluding hydrogens is 356 g/mol. The molecule has 2 aromatic heterocycles. The molecule has 2 amide bonds. The van der Waals surface area contributed by atoms with E-state index in [0.29, 0.717) is 31.7 Å². The van der Waals surface area contributed by atoms with E-state index in [4.69, 9.17) is 0 Å². The molecule has 2 fully saturated rings. The number of hydrogen-bond donors (Lipinski definition) is 0. The van der Waals surface area contributed by atoms with Crippen LogP contribution >= 0.6 is 0 Å². The van der Waals surface area contributed by atoms with Gasteiger partial charge in [-0.25, -0.2) is 0 Å². The zero-order valence-corrected chi connectivity index (χ0v) is 16.4. The summed E-state index contributed by atoms with van der Waals surface area (Å²) in [6, 6.07) is 5.41. The first-order valence-electron chi connectivity index (χ1n) is 9.80. The highest BCUT2D eigenvalue weighted by molar-refractivity contribution is 5.97. The van der Waals surface area contributed by atoms with E-state index in [9.17, 15) is 9.59 Å². The molecule has 8 heteroatoms. The van der Waals surface area contributed by atoms with Gasteiger partial charge in [-0.1, -0.05) is 0 Å². The molecule has 2 aliphatic rings. The minimum absolute atomic E-state index is 0.00899. The molecule has 0 unspecified atom stereocenters. The Morgan fingerprint density at radius 2 is 1.96 bits per heavy atom. The molecule has 0 N–H and O–H groups in total. The first-order chi connectivity index (χ1) is 13.5. The summed E-state index contributed by atoms with van der Waals surface area (Å²) < 4.78 is 1.78. The Hall–Kier alpha value is -2.74. The summed E-state index contributed by atoms with van der Waals surface area (Å²) >= 11 is 0. The van der Waals surface area contributed by atoms with E-state index >= 15 is 0 Å². The Labute approximate surface area is 164 Å². The van der Waals surface area contributed by atoms with Crippen molar-refractivity contribution in [2.75, 3.05) is 37.6 Å².